The fraction of sp³-hybridized carbons (Fsp3) is 0.200. The summed E-state index contributed by atoms with van der Waals surface area (Å²) < 4.78 is 0. The van der Waals surface area contributed by atoms with Crippen molar-refractivity contribution >= 4 is 35.0 Å². The number of hydrogen-bond acceptors (Lipinski definition) is 3. The molecule has 1 saturated heterocycles. The molecule has 2 amide bonds. The number of rotatable bonds is 4. The second-order valence-corrected chi connectivity index (χ2v) is 8.73. The Hall–Kier alpha value is -3.05. The van der Waals surface area contributed by atoms with E-state index >= 15 is 0 Å². The topological polar surface area (TPSA) is 49.4 Å². The average molecular weight is 417 g/mol. The van der Waals surface area contributed by atoms with Gasteiger partial charge in [0.1, 0.15) is 5.37 Å². The fourth-order valence-electron chi connectivity index (χ4n) is 3.65. The summed E-state index contributed by atoms with van der Waals surface area (Å²) in [5.74, 6) is 0.447. The predicted molar refractivity (Wildman–Crippen MR) is 124 cm³/mol. The van der Waals surface area contributed by atoms with Crippen LogP contribution in [-0.2, 0) is 4.79 Å². The highest BCUT2D eigenvalue weighted by Gasteiger charge is 2.34. The molecular weight excluding hydrogens is 392 g/mol. The molecule has 1 unspecified atom stereocenters. The van der Waals surface area contributed by atoms with Gasteiger partial charge in [-0.3, -0.25) is 14.5 Å². The Kier molecular flexibility index (Phi) is 5.64. The van der Waals surface area contributed by atoms with E-state index in [-0.39, 0.29) is 17.2 Å². The van der Waals surface area contributed by atoms with Gasteiger partial charge in [0.15, 0.2) is 0 Å². The van der Waals surface area contributed by atoms with Crippen LogP contribution in [-0.4, -0.2) is 17.6 Å². The summed E-state index contributed by atoms with van der Waals surface area (Å²) in [6.07, 6.45) is 0. The van der Waals surface area contributed by atoms with Crippen LogP contribution in [0.15, 0.2) is 66.7 Å². The molecule has 3 aromatic rings. The molecule has 30 heavy (non-hydrogen) atoms. The summed E-state index contributed by atoms with van der Waals surface area (Å²) in [6.45, 7) is 6.09. The Bertz CT molecular complexity index is 1090. The van der Waals surface area contributed by atoms with Crippen molar-refractivity contribution in [1.29, 1.82) is 0 Å². The highest BCUT2D eigenvalue weighted by molar-refractivity contribution is 8.00. The number of thioether (sulfide) groups is 1. The predicted octanol–water partition coefficient (Wildman–Crippen LogP) is 5.64. The Balaban J connectivity index is 1.53. The average Bonchev–Trinajstić information content (AvgIpc) is 3.10. The molecule has 1 fully saturated rings. The number of benzene rings is 3. The fourth-order valence-corrected chi connectivity index (χ4v) is 4.82. The van der Waals surface area contributed by atoms with Gasteiger partial charge in [-0.25, -0.2) is 0 Å². The van der Waals surface area contributed by atoms with Gasteiger partial charge >= 0.3 is 0 Å². The quantitative estimate of drug-likeness (QED) is 0.598. The lowest BCUT2D eigenvalue weighted by Gasteiger charge is -2.26. The third-order valence-electron chi connectivity index (χ3n) is 5.25. The molecule has 4 rings (SSSR count). The zero-order chi connectivity index (χ0) is 21.3. The minimum atomic E-state index is -0.134. The van der Waals surface area contributed by atoms with Crippen LogP contribution in [0.3, 0.4) is 0 Å². The summed E-state index contributed by atoms with van der Waals surface area (Å²) in [5.41, 5.74) is 6.75. The number of nitrogens with one attached hydrogen (secondary N) is 1. The lowest BCUT2D eigenvalue weighted by atomic mass is 10.1. The van der Waals surface area contributed by atoms with Crippen molar-refractivity contribution in [3.05, 3.63) is 94.5 Å². The molecule has 0 aliphatic carbocycles. The Morgan fingerprint density at radius 1 is 0.933 bits per heavy atom. The van der Waals surface area contributed by atoms with Gasteiger partial charge in [-0.05, 0) is 62.2 Å². The maximum Gasteiger partial charge on any atom is 0.255 e. The highest BCUT2D eigenvalue weighted by atomic mass is 32.2. The van der Waals surface area contributed by atoms with E-state index in [2.05, 4.69) is 18.3 Å². The molecule has 1 aliphatic heterocycles. The number of aryl methyl sites for hydroxylation is 3. The number of hydrogen-bond donors (Lipinski definition) is 1. The molecule has 1 heterocycles. The molecule has 0 saturated carbocycles. The van der Waals surface area contributed by atoms with Crippen molar-refractivity contribution in [3.8, 4) is 0 Å². The second kappa shape index (κ2) is 8.36. The van der Waals surface area contributed by atoms with Gasteiger partial charge in [0.25, 0.3) is 5.91 Å². The minimum absolute atomic E-state index is 0.0687. The van der Waals surface area contributed by atoms with Gasteiger partial charge in [0.05, 0.1) is 5.75 Å². The summed E-state index contributed by atoms with van der Waals surface area (Å²) >= 11 is 1.63. The summed E-state index contributed by atoms with van der Waals surface area (Å²) in [6, 6.07) is 21.4. The Morgan fingerprint density at radius 2 is 1.60 bits per heavy atom. The molecule has 3 aromatic carbocycles. The molecular formula is C25H24N2O2S. The first-order valence-electron chi connectivity index (χ1n) is 9.91. The van der Waals surface area contributed by atoms with Gasteiger partial charge in [-0.2, -0.15) is 0 Å². The van der Waals surface area contributed by atoms with E-state index in [0.29, 0.717) is 11.3 Å². The first-order chi connectivity index (χ1) is 14.4. The molecule has 0 aromatic heterocycles. The van der Waals surface area contributed by atoms with Crippen LogP contribution < -0.4 is 10.2 Å². The molecule has 0 bridgehead atoms. The van der Waals surface area contributed by atoms with Crippen LogP contribution in [0.25, 0.3) is 0 Å². The van der Waals surface area contributed by atoms with Crippen LogP contribution in [0, 0.1) is 20.8 Å². The van der Waals surface area contributed by atoms with Crippen LogP contribution in [0.1, 0.15) is 38.0 Å². The lowest BCUT2D eigenvalue weighted by molar-refractivity contribution is -0.115. The molecule has 152 valence electrons. The number of amides is 2. The SMILES string of the molecule is Cc1ccc(C(=O)Nc2ccc(C3SCC(=O)N3c3ccc(C)cc3C)cc2)cc1. The van der Waals surface area contributed by atoms with Gasteiger partial charge in [-0.1, -0.05) is 47.5 Å². The van der Waals surface area contributed by atoms with Crippen molar-refractivity contribution in [1.82, 2.24) is 0 Å². The van der Waals surface area contributed by atoms with Gasteiger partial charge in [0, 0.05) is 16.9 Å². The largest absolute Gasteiger partial charge is 0.322 e. The van der Waals surface area contributed by atoms with E-state index < -0.39 is 0 Å². The lowest BCUT2D eigenvalue weighted by Crippen LogP contribution is -2.28. The summed E-state index contributed by atoms with van der Waals surface area (Å²) in [5, 5.41) is 2.87. The zero-order valence-corrected chi connectivity index (χ0v) is 18.1. The van der Waals surface area contributed by atoms with E-state index in [1.807, 2.05) is 79.4 Å². The maximum absolute atomic E-state index is 12.6. The van der Waals surface area contributed by atoms with E-state index in [1.165, 1.54) is 5.56 Å². The molecule has 1 atom stereocenters. The van der Waals surface area contributed by atoms with Crippen LogP contribution in [0.5, 0.6) is 0 Å². The van der Waals surface area contributed by atoms with Crippen LogP contribution >= 0.6 is 11.8 Å². The normalized spacial score (nSPS) is 16.0. The van der Waals surface area contributed by atoms with Gasteiger partial charge < -0.3 is 5.32 Å². The number of carbonyl (C=O) groups is 2. The first kappa shape index (κ1) is 20.2. The third kappa shape index (κ3) is 4.12. The van der Waals surface area contributed by atoms with Gasteiger partial charge in [0.2, 0.25) is 5.91 Å². The van der Waals surface area contributed by atoms with Crippen molar-refractivity contribution < 1.29 is 9.59 Å². The van der Waals surface area contributed by atoms with E-state index in [9.17, 15) is 9.59 Å². The van der Waals surface area contributed by atoms with Crippen molar-refractivity contribution in [2.24, 2.45) is 0 Å². The van der Waals surface area contributed by atoms with Gasteiger partial charge in [-0.15, -0.1) is 11.8 Å². The zero-order valence-electron chi connectivity index (χ0n) is 17.3. The number of carbonyl (C=O) groups excluding carboxylic acids is 2. The highest BCUT2D eigenvalue weighted by Crippen LogP contribution is 2.43. The smallest absolute Gasteiger partial charge is 0.255 e. The van der Waals surface area contributed by atoms with Crippen LogP contribution in [0.2, 0.25) is 0 Å². The van der Waals surface area contributed by atoms with Crippen molar-refractivity contribution in [2.75, 3.05) is 16.0 Å². The summed E-state index contributed by atoms with van der Waals surface area (Å²) in [7, 11) is 0. The first-order valence-corrected chi connectivity index (χ1v) is 11.0. The molecule has 5 heteroatoms. The van der Waals surface area contributed by atoms with E-state index in [1.54, 1.807) is 11.8 Å². The van der Waals surface area contributed by atoms with E-state index in [4.69, 9.17) is 0 Å². The third-order valence-corrected chi connectivity index (χ3v) is 6.46. The molecule has 0 spiro atoms. The molecule has 0 radical (unpaired) electrons. The van der Waals surface area contributed by atoms with E-state index in [0.717, 1.165) is 28.1 Å². The molecule has 1 N–H and O–H groups in total. The molecule has 4 nitrogen and oxygen atoms in total. The molecule has 1 aliphatic rings. The van der Waals surface area contributed by atoms with Crippen molar-refractivity contribution in [2.45, 2.75) is 26.1 Å². The Labute approximate surface area is 181 Å². The monoisotopic (exact) mass is 416 g/mol. The number of anilines is 2. The standard InChI is InChI=1S/C25H24N2O2S/c1-16-4-7-19(8-5-16)24(29)26-21-11-9-20(10-12-21)25-27(23(28)15-30-25)22-13-6-17(2)14-18(22)3/h4-14,25H,15H2,1-3H3,(H,26,29). The second-order valence-electron chi connectivity index (χ2n) is 7.66. The van der Waals surface area contributed by atoms with Crippen molar-refractivity contribution in [3.63, 3.8) is 0 Å². The minimum Gasteiger partial charge on any atom is -0.322 e. The Morgan fingerprint density at radius 3 is 2.27 bits per heavy atom. The summed E-state index contributed by atoms with van der Waals surface area (Å²) in [4.78, 5) is 27.0. The maximum atomic E-state index is 12.6. The van der Waals surface area contributed by atoms with Crippen LogP contribution in [0.4, 0.5) is 11.4 Å². The number of nitrogens with zero attached hydrogens (tertiary/aromatic N) is 1.